The lowest BCUT2D eigenvalue weighted by Gasteiger charge is -1.68. The second-order valence-electron chi connectivity index (χ2n) is 2.22. The second kappa shape index (κ2) is 2.16. The Balaban J connectivity index is 2.96. The molecule has 0 aliphatic carbocycles. The second-order valence-corrected chi connectivity index (χ2v) is 2.22. The summed E-state index contributed by atoms with van der Waals surface area (Å²) in [5.74, 6) is 0. The van der Waals surface area contributed by atoms with Crippen LogP contribution in [0.25, 0.3) is 11.0 Å². The SMILES string of the molecule is N=c1ccc2n[nH]nc2cc1. The van der Waals surface area contributed by atoms with E-state index in [0.717, 1.165) is 11.0 Å². The van der Waals surface area contributed by atoms with Gasteiger partial charge >= 0.3 is 0 Å². The number of aromatic nitrogens is 3. The van der Waals surface area contributed by atoms with Crippen molar-refractivity contribution in [3.05, 3.63) is 29.6 Å². The minimum Gasteiger partial charge on any atom is -0.301 e. The van der Waals surface area contributed by atoms with E-state index < -0.39 is 0 Å². The first-order chi connectivity index (χ1) is 5.36. The van der Waals surface area contributed by atoms with Crippen molar-refractivity contribution in [2.24, 2.45) is 0 Å². The van der Waals surface area contributed by atoms with Gasteiger partial charge in [0, 0.05) is 0 Å². The summed E-state index contributed by atoms with van der Waals surface area (Å²) in [4.78, 5) is 0. The van der Waals surface area contributed by atoms with Gasteiger partial charge in [0.05, 0.1) is 5.36 Å². The largest absolute Gasteiger partial charge is 0.301 e. The van der Waals surface area contributed by atoms with E-state index in [2.05, 4.69) is 15.4 Å². The number of nitrogens with zero attached hydrogens (tertiary/aromatic N) is 2. The van der Waals surface area contributed by atoms with E-state index in [-0.39, 0.29) is 0 Å². The molecule has 2 rings (SSSR count). The zero-order valence-corrected chi connectivity index (χ0v) is 5.70. The van der Waals surface area contributed by atoms with Crippen LogP contribution in [0.15, 0.2) is 24.3 Å². The van der Waals surface area contributed by atoms with E-state index >= 15 is 0 Å². The summed E-state index contributed by atoms with van der Waals surface area (Å²) >= 11 is 0. The summed E-state index contributed by atoms with van der Waals surface area (Å²) in [6.45, 7) is 0. The van der Waals surface area contributed by atoms with Crippen molar-refractivity contribution >= 4 is 11.0 Å². The number of aromatic amines is 1. The van der Waals surface area contributed by atoms with Crippen LogP contribution >= 0.6 is 0 Å². The fourth-order valence-electron chi connectivity index (χ4n) is 0.886. The molecule has 0 spiro atoms. The van der Waals surface area contributed by atoms with Crippen LogP contribution < -0.4 is 5.36 Å². The quantitative estimate of drug-likeness (QED) is 0.566. The number of fused-ring (bicyclic) bond motifs is 1. The van der Waals surface area contributed by atoms with Crippen LogP contribution in [0.2, 0.25) is 0 Å². The Morgan fingerprint density at radius 2 is 1.55 bits per heavy atom. The van der Waals surface area contributed by atoms with Crippen LogP contribution in [-0.4, -0.2) is 15.4 Å². The molecule has 0 bridgehead atoms. The molecule has 0 saturated heterocycles. The highest BCUT2D eigenvalue weighted by atomic mass is 15.3. The predicted molar refractivity (Wildman–Crippen MR) is 39.7 cm³/mol. The van der Waals surface area contributed by atoms with Crippen LogP contribution in [-0.2, 0) is 0 Å². The number of rotatable bonds is 0. The number of H-pyrrole nitrogens is 1. The van der Waals surface area contributed by atoms with Crippen LogP contribution in [0.1, 0.15) is 0 Å². The van der Waals surface area contributed by atoms with Crippen molar-refractivity contribution in [1.29, 1.82) is 5.41 Å². The number of hydrogen-bond acceptors (Lipinski definition) is 3. The zero-order chi connectivity index (χ0) is 7.68. The molecule has 0 saturated carbocycles. The maximum absolute atomic E-state index is 7.30. The third-order valence-electron chi connectivity index (χ3n) is 1.44. The first kappa shape index (κ1) is 6.03. The van der Waals surface area contributed by atoms with Crippen molar-refractivity contribution < 1.29 is 0 Å². The molecule has 0 aliphatic heterocycles. The summed E-state index contributed by atoms with van der Waals surface area (Å²) in [6.07, 6.45) is 0. The van der Waals surface area contributed by atoms with Crippen molar-refractivity contribution in [3.8, 4) is 0 Å². The van der Waals surface area contributed by atoms with Gasteiger partial charge in [0.15, 0.2) is 0 Å². The molecule has 1 aromatic heterocycles. The maximum atomic E-state index is 7.30. The van der Waals surface area contributed by atoms with Gasteiger partial charge in [0.25, 0.3) is 0 Å². The van der Waals surface area contributed by atoms with E-state index in [4.69, 9.17) is 5.41 Å². The first-order valence-corrected chi connectivity index (χ1v) is 3.22. The maximum Gasteiger partial charge on any atom is 0.113 e. The molecular formula is C7H6N4. The van der Waals surface area contributed by atoms with E-state index in [0.29, 0.717) is 5.36 Å². The Kier molecular flexibility index (Phi) is 1.18. The summed E-state index contributed by atoms with van der Waals surface area (Å²) < 4.78 is 0. The summed E-state index contributed by atoms with van der Waals surface area (Å²) in [6, 6.07) is 6.90. The lowest BCUT2D eigenvalue weighted by atomic mass is 10.4. The molecule has 0 amide bonds. The molecule has 1 heterocycles. The van der Waals surface area contributed by atoms with Gasteiger partial charge in [0.1, 0.15) is 11.0 Å². The van der Waals surface area contributed by atoms with Crippen molar-refractivity contribution in [3.63, 3.8) is 0 Å². The average molecular weight is 146 g/mol. The minimum atomic E-state index is 0.463. The van der Waals surface area contributed by atoms with E-state index in [1.165, 1.54) is 0 Å². The van der Waals surface area contributed by atoms with Crippen molar-refractivity contribution in [2.75, 3.05) is 0 Å². The molecule has 0 unspecified atom stereocenters. The fraction of sp³-hybridized carbons (Fsp3) is 0. The highest BCUT2D eigenvalue weighted by Crippen LogP contribution is 2.00. The number of hydrogen-bond donors (Lipinski definition) is 2. The predicted octanol–water partition coefficient (Wildman–Crippen LogP) is 0.437. The molecule has 4 nitrogen and oxygen atoms in total. The normalized spacial score (nSPS) is 10.2. The summed E-state index contributed by atoms with van der Waals surface area (Å²) in [5.41, 5.74) is 1.56. The topological polar surface area (TPSA) is 65.4 Å². The van der Waals surface area contributed by atoms with Gasteiger partial charge in [-0.1, -0.05) is 0 Å². The van der Waals surface area contributed by atoms with E-state index in [1.807, 2.05) is 0 Å². The average Bonchev–Trinajstić information content (AvgIpc) is 2.38. The Morgan fingerprint density at radius 3 is 2.09 bits per heavy atom. The smallest absolute Gasteiger partial charge is 0.113 e. The summed E-state index contributed by atoms with van der Waals surface area (Å²) in [5, 5.41) is 18.0. The molecular weight excluding hydrogens is 140 g/mol. The monoisotopic (exact) mass is 146 g/mol. The molecule has 0 aliphatic rings. The highest BCUT2D eigenvalue weighted by molar-refractivity contribution is 5.71. The molecule has 11 heavy (non-hydrogen) atoms. The Morgan fingerprint density at radius 1 is 1.00 bits per heavy atom. The third kappa shape index (κ3) is 0.980. The third-order valence-corrected chi connectivity index (χ3v) is 1.44. The number of nitrogens with one attached hydrogen (secondary N) is 2. The Labute approximate surface area is 62.4 Å². The zero-order valence-electron chi connectivity index (χ0n) is 5.70. The molecule has 1 aromatic carbocycles. The van der Waals surface area contributed by atoms with Gasteiger partial charge < -0.3 is 5.41 Å². The van der Waals surface area contributed by atoms with Gasteiger partial charge in [-0.15, -0.1) is 0 Å². The minimum absolute atomic E-state index is 0.463. The van der Waals surface area contributed by atoms with E-state index in [1.54, 1.807) is 24.3 Å². The van der Waals surface area contributed by atoms with Gasteiger partial charge in [-0.25, -0.2) is 0 Å². The van der Waals surface area contributed by atoms with Gasteiger partial charge in [-0.05, 0) is 24.3 Å². The van der Waals surface area contributed by atoms with Crippen LogP contribution in [0, 0.1) is 5.41 Å². The van der Waals surface area contributed by atoms with Gasteiger partial charge in [0.2, 0.25) is 0 Å². The lowest BCUT2D eigenvalue weighted by Crippen LogP contribution is -1.88. The van der Waals surface area contributed by atoms with Crippen LogP contribution in [0.5, 0.6) is 0 Å². The van der Waals surface area contributed by atoms with Gasteiger partial charge in [-0.3, -0.25) is 0 Å². The van der Waals surface area contributed by atoms with E-state index in [9.17, 15) is 0 Å². The molecule has 4 heteroatoms. The Bertz CT molecular complexity index is 395. The molecule has 2 N–H and O–H groups in total. The standard InChI is InChI=1S/C7H6N4/c8-5-1-3-6-7(4-2-5)10-11-9-6/h1-4,8H,(H,9,10,11). The summed E-state index contributed by atoms with van der Waals surface area (Å²) in [7, 11) is 0. The fourth-order valence-corrected chi connectivity index (χ4v) is 0.886. The molecule has 2 aromatic rings. The first-order valence-electron chi connectivity index (χ1n) is 3.22. The lowest BCUT2D eigenvalue weighted by molar-refractivity contribution is 0.958. The molecule has 54 valence electrons. The molecule has 0 radical (unpaired) electrons. The molecule has 0 fully saturated rings. The highest BCUT2D eigenvalue weighted by Gasteiger charge is 1.91. The van der Waals surface area contributed by atoms with Gasteiger partial charge in [-0.2, -0.15) is 15.4 Å². The Hall–Kier alpha value is -1.71. The van der Waals surface area contributed by atoms with Crippen LogP contribution in [0.3, 0.4) is 0 Å². The van der Waals surface area contributed by atoms with Crippen molar-refractivity contribution in [2.45, 2.75) is 0 Å². The van der Waals surface area contributed by atoms with Crippen molar-refractivity contribution in [1.82, 2.24) is 15.4 Å². The van der Waals surface area contributed by atoms with Crippen LogP contribution in [0.4, 0.5) is 0 Å². The molecule has 0 atom stereocenters.